The highest BCUT2D eigenvalue weighted by molar-refractivity contribution is 9.10. The minimum Gasteiger partial charge on any atom is -0.493 e. The van der Waals surface area contributed by atoms with Gasteiger partial charge in [-0.15, -0.1) is 0 Å². The van der Waals surface area contributed by atoms with Crippen LogP contribution in [0.2, 0.25) is 0 Å². The number of hydrogen-bond acceptors (Lipinski definition) is 5. The Hall–Kier alpha value is -1.83. The molecule has 136 valence electrons. The Morgan fingerprint density at radius 2 is 2.00 bits per heavy atom. The fourth-order valence-electron chi connectivity index (χ4n) is 2.49. The number of halogens is 1. The third-order valence-electron chi connectivity index (χ3n) is 3.72. The highest BCUT2D eigenvalue weighted by Crippen LogP contribution is 2.20. The predicted octanol–water partition coefficient (Wildman–Crippen LogP) is 3.98. The fraction of sp³-hybridized carbons (Fsp3) is 0.263. The molecule has 0 bridgehead atoms. The molecule has 5 nitrogen and oxygen atoms in total. The Morgan fingerprint density at radius 3 is 2.81 bits per heavy atom. The Kier molecular flexibility index (Phi) is 6.71. The first kappa shape index (κ1) is 18.9. The zero-order valence-corrected chi connectivity index (χ0v) is 16.8. The van der Waals surface area contributed by atoms with Gasteiger partial charge in [-0.3, -0.25) is 9.36 Å². The number of thioether (sulfide) groups is 1. The normalized spacial score (nSPS) is 11.0. The maximum atomic E-state index is 12.8. The predicted molar refractivity (Wildman–Crippen MR) is 108 cm³/mol. The van der Waals surface area contributed by atoms with Crippen LogP contribution in [0.25, 0.3) is 10.9 Å². The van der Waals surface area contributed by atoms with Crippen molar-refractivity contribution >= 4 is 38.6 Å². The van der Waals surface area contributed by atoms with Crippen molar-refractivity contribution in [2.45, 2.75) is 11.7 Å². The molecule has 0 aliphatic rings. The van der Waals surface area contributed by atoms with E-state index in [1.807, 2.05) is 42.5 Å². The largest absolute Gasteiger partial charge is 0.493 e. The van der Waals surface area contributed by atoms with Crippen LogP contribution >= 0.6 is 27.7 Å². The molecule has 0 fully saturated rings. The minimum atomic E-state index is -0.0388. The SMILES string of the molecule is COCCn1c(SCCOc2cccc(Br)c2)nc2ccccc2c1=O. The van der Waals surface area contributed by atoms with E-state index in [2.05, 4.69) is 20.9 Å². The van der Waals surface area contributed by atoms with E-state index in [4.69, 9.17) is 9.47 Å². The van der Waals surface area contributed by atoms with Crippen molar-refractivity contribution in [3.63, 3.8) is 0 Å². The maximum Gasteiger partial charge on any atom is 0.262 e. The molecule has 2 aromatic carbocycles. The monoisotopic (exact) mass is 434 g/mol. The van der Waals surface area contributed by atoms with Crippen LogP contribution in [0.3, 0.4) is 0 Å². The van der Waals surface area contributed by atoms with Gasteiger partial charge in [-0.05, 0) is 30.3 Å². The van der Waals surface area contributed by atoms with Crippen molar-refractivity contribution in [1.82, 2.24) is 9.55 Å². The van der Waals surface area contributed by atoms with Gasteiger partial charge in [0, 0.05) is 17.3 Å². The van der Waals surface area contributed by atoms with E-state index in [0.29, 0.717) is 41.6 Å². The second-order valence-electron chi connectivity index (χ2n) is 5.52. The van der Waals surface area contributed by atoms with Gasteiger partial charge in [0.2, 0.25) is 0 Å². The van der Waals surface area contributed by atoms with Gasteiger partial charge in [-0.25, -0.2) is 4.98 Å². The lowest BCUT2D eigenvalue weighted by molar-refractivity contribution is 0.183. The molecule has 0 aliphatic carbocycles. The Morgan fingerprint density at radius 1 is 1.15 bits per heavy atom. The summed E-state index contributed by atoms with van der Waals surface area (Å²) in [5.41, 5.74) is 0.671. The maximum absolute atomic E-state index is 12.8. The van der Waals surface area contributed by atoms with Crippen molar-refractivity contribution in [1.29, 1.82) is 0 Å². The van der Waals surface area contributed by atoms with Crippen molar-refractivity contribution < 1.29 is 9.47 Å². The molecule has 1 aromatic heterocycles. The van der Waals surface area contributed by atoms with Gasteiger partial charge in [0.1, 0.15) is 5.75 Å². The minimum absolute atomic E-state index is 0.0388. The van der Waals surface area contributed by atoms with E-state index in [-0.39, 0.29) is 5.56 Å². The van der Waals surface area contributed by atoms with E-state index in [1.165, 1.54) is 11.8 Å². The van der Waals surface area contributed by atoms with E-state index in [9.17, 15) is 4.79 Å². The second-order valence-corrected chi connectivity index (χ2v) is 7.49. The lowest BCUT2D eigenvalue weighted by Gasteiger charge is -2.13. The average molecular weight is 435 g/mol. The van der Waals surface area contributed by atoms with Crippen molar-refractivity contribution in [3.05, 3.63) is 63.4 Å². The smallest absolute Gasteiger partial charge is 0.262 e. The molecule has 0 saturated carbocycles. The average Bonchev–Trinajstić information content (AvgIpc) is 2.65. The van der Waals surface area contributed by atoms with Crippen LogP contribution in [0.5, 0.6) is 5.75 Å². The topological polar surface area (TPSA) is 53.4 Å². The van der Waals surface area contributed by atoms with Crippen molar-refractivity contribution in [2.24, 2.45) is 0 Å². The fourth-order valence-corrected chi connectivity index (χ4v) is 3.71. The summed E-state index contributed by atoms with van der Waals surface area (Å²) in [6.45, 7) is 1.46. The van der Waals surface area contributed by atoms with Crippen LogP contribution in [0.1, 0.15) is 0 Å². The molecule has 0 amide bonds. The number of methoxy groups -OCH3 is 1. The van der Waals surface area contributed by atoms with Gasteiger partial charge >= 0.3 is 0 Å². The number of fused-ring (bicyclic) bond motifs is 1. The van der Waals surface area contributed by atoms with E-state index in [0.717, 1.165) is 10.2 Å². The first-order chi connectivity index (χ1) is 12.7. The van der Waals surface area contributed by atoms with Gasteiger partial charge in [-0.1, -0.05) is 45.9 Å². The molecule has 0 saturated heterocycles. The highest BCUT2D eigenvalue weighted by Gasteiger charge is 2.11. The number of benzene rings is 2. The summed E-state index contributed by atoms with van der Waals surface area (Å²) in [5.74, 6) is 1.49. The molecular formula is C19H19BrN2O3S. The Labute approximate surface area is 164 Å². The summed E-state index contributed by atoms with van der Waals surface area (Å²) in [4.78, 5) is 17.4. The summed E-state index contributed by atoms with van der Waals surface area (Å²) in [7, 11) is 1.62. The van der Waals surface area contributed by atoms with Crippen LogP contribution in [0.15, 0.2) is 63.0 Å². The van der Waals surface area contributed by atoms with E-state index in [1.54, 1.807) is 17.7 Å². The Bertz CT molecular complexity index is 945. The van der Waals surface area contributed by atoms with Gasteiger partial charge in [0.15, 0.2) is 5.16 Å². The second kappa shape index (κ2) is 9.21. The summed E-state index contributed by atoms with van der Waals surface area (Å²) in [5, 5.41) is 1.31. The molecule has 0 atom stereocenters. The molecule has 0 aliphatic heterocycles. The standard InChI is InChI=1S/C19H19BrN2O3S/c1-24-10-9-22-18(23)16-7-2-3-8-17(16)21-19(22)26-12-11-25-15-6-4-5-14(20)13-15/h2-8,13H,9-12H2,1H3. The molecule has 7 heteroatoms. The highest BCUT2D eigenvalue weighted by atomic mass is 79.9. The first-order valence-corrected chi connectivity index (χ1v) is 9.96. The van der Waals surface area contributed by atoms with Gasteiger partial charge in [0.05, 0.1) is 30.7 Å². The number of aromatic nitrogens is 2. The molecule has 0 N–H and O–H groups in total. The van der Waals surface area contributed by atoms with Crippen LogP contribution < -0.4 is 10.3 Å². The van der Waals surface area contributed by atoms with Crippen LogP contribution in [0, 0.1) is 0 Å². The number of para-hydroxylation sites is 1. The molecule has 1 heterocycles. The number of rotatable bonds is 8. The molecule has 3 aromatic rings. The quantitative estimate of drug-likeness (QED) is 0.305. The van der Waals surface area contributed by atoms with Crippen molar-refractivity contribution in [3.8, 4) is 5.75 Å². The van der Waals surface area contributed by atoms with E-state index >= 15 is 0 Å². The summed E-state index contributed by atoms with van der Waals surface area (Å²) in [6.07, 6.45) is 0. The van der Waals surface area contributed by atoms with Crippen LogP contribution in [0.4, 0.5) is 0 Å². The van der Waals surface area contributed by atoms with Crippen LogP contribution in [-0.2, 0) is 11.3 Å². The molecule has 0 radical (unpaired) electrons. The van der Waals surface area contributed by atoms with Gasteiger partial charge in [0.25, 0.3) is 5.56 Å². The van der Waals surface area contributed by atoms with E-state index < -0.39 is 0 Å². The number of hydrogen-bond donors (Lipinski definition) is 0. The molecule has 26 heavy (non-hydrogen) atoms. The zero-order valence-electron chi connectivity index (χ0n) is 14.4. The Balaban J connectivity index is 1.74. The summed E-state index contributed by atoms with van der Waals surface area (Å²) in [6, 6.07) is 15.1. The third kappa shape index (κ3) is 4.66. The zero-order chi connectivity index (χ0) is 18.4. The number of nitrogens with zero attached hydrogens (tertiary/aromatic N) is 2. The van der Waals surface area contributed by atoms with Gasteiger partial charge in [-0.2, -0.15) is 0 Å². The molecular weight excluding hydrogens is 416 g/mol. The summed E-state index contributed by atoms with van der Waals surface area (Å²) < 4.78 is 13.5. The molecule has 0 spiro atoms. The molecule has 3 rings (SSSR count). The number of ether oxygens (including phenoxy) is 2. The summed E-state index contributed by atoms with van der Waals surface area (Å²) >= 11 is 4.94. The first-order valence-electron chi connectivity index (χ1n) is 8.19. The third-order valence-corrected chi connectivity index (χ3v) is 5.16. The van der Waals surface area contributed by atoms with Gasteiger partial charge < -0.3 is 9.47 Å². The van der Waals surface area contributed by atoms with Crippen LogP contribution in [-0.4, -0.2) is 35.6 Å². The van der Waals surface area contributed by atoms with Crippen molar-refractivity contribution in [2.75, 3.05) is 26.1 Å². The lowest BCUT2D eigenvalue weighted by Crippen LogP contribution is -2.25. The lowest BCUT2D eigenvalue weighted by atomic mass is 10.2. The molecule has 0 unspecified atom stereocenters.